The third kappa shape index (κ3) is 3.01. The number of benzene rings is 1. The fourth-order valence-corrected chi connectivity index (χ4v) is 2.56. The zero-order chi connectivity index (χ0) is 9.80. The Morgan fingerprint density at radius 3 is 2.73 bits per heavy atom. The molecule has 0 saturated heterocycles. The number of nitrogens with zero attached hydrogens (tertiary/aromatic N) is 1. The molecule has 0 fully saturated rings. The zero-order valence-electron chi connectivity index (χ0n) is 9.20. The Balaban J connectivity index is 0.00000112. The third-order valence-corrected chi connectivity index (χ3v) is 3.43. The van der Waals surface area contributed by atoms with Crippen LogP contribution in [-0.4, -0.2) is 4.98 Å². The van der Waals surface area contributed by atoms with E-state index in [1.165, 1.54) is 29.0 Å². The topological polar surface area (TPSA) is 47.9 Å². The highest BCUT2D eigenvalue weighted by Crippen LogP contribution is 2.22. The van der Waals surface area contributed by atoms with E-state index in [9.17, 15) is 0 Å². The summed E-state index contributed by atoms with van der Waals surface area (Å²) in [4.78, 5) is 4.60. The Morgan fingerprint density at radius 1 is 1.20 bits per heavy atom. The van der Waals surface area contributed by atoms with Gasteiger partial charge in [-0.05, 0) is 25.0 Å². The Labute approximate surface area is 94.9 Å². The number of unbranched alkanes of at least 4 members (excludes halogenated alkanes) is 2. The van der Waals surface area contributed by atoms with Gasteiger partial charge in [0.05, 0.1) is 15.2 Å². The molecule has 0 bridgehead atoms. The summed E-state index contributed by atoms with van der Waals surface area (Å²) in [5.41, 5.74) is 1.16. The minimum Gasteiger partial charge on any atom is -0.344 e. The molecule has 0 spiro atoms. The Kier molecular flexibility index (Phi) is 4.72. The first kappa shape index (κ1) is 12.1. The van der Waals surface area contributed by atoms with Crippen LogP contribution in [0.1, 0.15) is 31.2 Å². The minimum atomic E-state index is 0. The summed E-state index contributed by atoms with van der Waals surface area (Å²) in [5, 5.41) is 1.29. The number of hydrogen-bond donors (Lipinski definition) is 1. The predicted molar refractivity (Wildman–Crippen MR) is 67.9 cm³/mol. The van der Waals surface area contributed by atoms with Gasteiger partial charge in [0, 0.05) is 0 Å². The normalized spacial score (nSPS) is 10.2. The highest BCUT2D eigenvalue weighted by Gasteiger charge is 2.01. The van der Waals surface area contributed by atoms with Gasteiger partial charge in [0.2, 0.25) is 0 Å². The number of hydrogen-bond acceptors (Lipinski definition) is 3. The maximum absolute atomic E-state index is 4.60. The SMILES string of the molecule is CCCCCc1nc2ccccc2s1.N. The molecule has 1 aromatic carbocycles. The van der Waals surface area contributed by atoms with E-state index in [4.69, 9.17) is 0 Å². The van der Waals surface area contributed by atoms with Crippen molar-refractivity contribution in [2.24, 2.45) is 0 Å². The van der Waals surface area contributed by atoms with Crippen molar-refractivity contribution in [3.05, 3.63) is 29.3 Å². The van der Waals surface area contributed by atoms with Crippen molar-refractivity contribution in [3.8, 4) is 0 Å². The number of rotatable bonds is 4. The molecule has 0 unspecified atom stereocenters. The third-order valence-electron chi connectivity index (χ3n) is 2.33. The van der Waals surface area contributed by atoms with E-state index in [0.29, 0.717) is 0 Å². The molecule has 0 aliphatic heterocycles. The van der Waals surface area contributed by atoms with Gasteiger partial charge in [-0.2, -0.15) is 0 Å². The maximum atomic E-state index is 4.60. The van der Waals surface area contributed by atoms with E-state index in [-0.39, 0.29) is 6.15 Å². The second kappa shape index (κ2) is 5.83. The molecule has 3 heteroatoms. The first-order valence-electron chi connectivity index (χ1n) is 5.24. The van der Waals surface area contributed by atoms with Gasteiger partial charge in [0.1, 0.15) is 0 Å². The second-order valence-corrected chi connectivity index (χ2v) is 4.65. The molecule has 2 aromatic rings. The van der Waals surface area contributed by atoms with Crippen LogP contribution in [0.3, 0.4) is 0 Å². The number of aromatic nitrogens is 1. The van der Waals surface area contributed by atoms with Gasteiger partial charge in [-0.15, -0.1) is 11.3 Å². The summed E-state index contributed by atoms with van der Waals surface area (Å²) in [7, 11) is 0. The summed E-state index contributed by atoms with van der Waals surface area (Å²) >= 11 is 1.84. The molecule has 0 aliphatic rings. The molecule has 0 radical (unpaired) electrons. The van der Waals surface area contributed by atoms with Gasteiger partial charge >= 0.3 is 0 Å². The molecule has 82 valence electrons. The van der Waals surface area contributed by atoms with Crippen LogP contribution >= 0.6 is 11.3 Å². The average Bonchev–Trinajstić information content (AvgIpc) is 2.60. The number of para-hydroxylation sites is 1. The highest BCUT2D eigenvalue weighted by molar-refractivity contribution is 7.18. The molecule has 3 N–H and O–H groups in total. The Hall–Kier alpha value is -0.930. The van der Waals surface area contributed by atoms with Crippen molar-refractivity contribution < 1.29 is 0 Å². The average molecular weight is 222 g/mol. The molecular formula is C12H18N2S. The van der Waals surface area contributed by atoms with Crippen molar-refractivity contribution in [3.63, 3.8) is 0 Å². The van der Waals surface area contributed by atoms with Crippen LogP contribution in [-0.2, 0) is 6.42 Å². The van der Waals surface area contributed by atoms with E-state index in [0.717, 1.165) is 11.9 Å². The van der Waals surface area contributed by atoms with Crippen LogP contribution in [0.5, 0.6) is 0 Å². The van der Waals surface area contributed by atoms with Crippen LogP contribution in [0.15, 0.2) is 24.3 Å². The lowest BCUT2D eigenvalue weighted by molar-refractivity contribution is 0.716. The second-order valence-electron chi connectivity index (χ2n) is 3.53. The summed E-state index contributed by atoms with van der Waals surface area (Å²) < 4.78 is 1.32. The molecule has 1 aromatic heterocycles. The molecule has 0 atom stereocenters. The summed E-state index contributed by atoms with van der Waals surface area (Å²) in [6, 6.07) is 8.37. The standard InChI is InChI=1S/C12H15NS.H3N/c1-2-3-4-9-12-13-10-7-5-6-8-11(10)14-12;/h5-8H,2-4,9H2,1H3;1H3. The monoisotopic (exact) mass is 222 g/mol. The van der Waals surface area contributed by atoms with E-state index < -0.39 is 0 Å². The van der Waals surface area contributed by atoms with Crippen LogP contribution in [0, 0.1) is 0 Å². The van der Waals surface area contributed by atoms with Gasteiger partial charge in [0.25, 0.3) is 0 Å². The summed E-state index contributed by atoms with van der Waals surface area (Å²) in [5.74, 6) is 0. The van der Waals surface area contributed by atoms with Crippen LogP contribution in [0.4, 0.5) is 0 Å². The molecule has 1 heterocycles. The van der Waals surface area contributed by atoms with E-state index >= 15 is 0 Å². The van der Waals surface area contributed by atoms with Crippen LogP contribution < -0.4 is 6.15 Å². The number of aryl methyl sites for hydroxylation is 1. The van der Waals surface area contributed by atoms with E-state index in [1.54, 1.807) is 0 Å². The highest BCUT2D eigenvalue weighted by atomic mass is 32.1. The molecule has 15 heavy (non-hydrogen) atoms. The lowest BCUT2D eigenvalue weighted by atomic mass is 10.2. The smallest absolute Gasteiger partial charge is 0.0938 e. The number of thiazole rings is 1. The van der Waals surface area contributed by atoms with Gasteiger partial charge in [-0.25, -0.2) is 4.98 Å². The lowest BCUT2D eigenvalue weighted by Gasteiger charge is -1.92. The summed E-state index contributed by atoms with van der Waals surface area (Å²) in [6.07, 6.45) is 5.02. The molecule has 0 amide bonds. The van der Waals surface area contributed by atoms with Gasteiger partial charge < -0.3 is 6.15 Å². The van der Waals surface area contributed by atoms with Crippen LogP contribution in [0.25, 0.3) is 10.2 Å². The summed E-state index contributed by atoms with van der Waals surface area (Å²) in [6.45, 7) is 2.23. The molecule has 0 aliphatic carbocycles. The fourth-order valence-electron chi connectivity index (χ4n) is 1.55. The van der Waals surface area contributed by atoms with Crippen molar-refractivity contribution >= 4 is 21.6 Å². The first-order chi connectivity index (χ1) is 6.90. The minimum absolute atomic E-state index is 0. The van der Waals surface area contributed by atoms with Crippen molar-refractivity contribution in [1.82, 2.24) is 11.1 Å². The zero-order valence-corrected chi connectivity index (χ0v) is 10.0. The maximum Gasteiger partial charge on any atom is 0.0938 e. The molecule has 0 saturated carbocycles. The predicted octanol–water partition coefficient (Wildman–Crippen LogP) is 4.19. The van der Waals surface area contributed by atoms with Gasteiger partial charge in [-0.3, -0.25) is 0 Å². The lowest BCUT2D eigenvalue weighted by Crippen LogP contribution is -1.82. The quantitative estimate of drug-likeness (QED) is 0.788. The van der Waals surface area contributed by atoms with Crippen molar-refractivity contribution in [1.29, 1.82) is 0 Å². The molecule has 2 rings (SSSR count). The Bertz CT molecular complexity index is 376. The first-order valence-corrected chi connectivity index (χ1v) is 6.06. The van der Waals surface area contributed by atoms with Gasteiger partial charge in [0.15, 0.2) is 0 Å². The Morgan fingerprint density at radius 2 is 2.00 bits per heavy atom. The fraction of sp³-hybridized carbons (Fsp3) is 0.417. The van der Waals surface area contributed by atoms with Crippen molar-refractivity contribution in [2.75, 3.05) is 0 Å². The van der Waals surface area contributed by atoms with Crippen LogP contribution in [0.2, 0.25) is 0 Å². The van der Waals surface area contributed by atoms with E-state index in [2.05, 4.69) is 36.2 Å². The number of fused-ring (bicyclic) bond motifs is 1. The van der Waals surface area contributed by atoms with Gasteiger partial charge in [-0.1, -0.05) is 31.9 Å². The largest absolute Gasteiger partial charge is 0.344 e. The molecule has 2 nitrogen and oxygen atoms in total. The van der Waals surface area contributed by atoms with E-state index in [1.807, 2.05) is 11.3 Å². The molecular weight excluding hydrogens is 204 g/mol. The van der Waals surface area contributed by atoms with Crippen molar-refractivity contribution in [2.45, 2.75) is 32.6 Å².